The van der Waals surface area contributed by atoms with Crippen LogP contribution in [-0.4, -0.2) is 20.0 Å². The molecule has 2 heterocycles. The average Bonchev–Trinajstić information content (AvgIpc) is 2.71. The van der Waals surface area contributed by atoms with Crippen molar-refractivity contribution in [3.05, 3.63) is 10.7 Å². The van der Waals surface area contributed by atoms with Gasteiger partial charge in [-0.3, -0.25) is 4.68 Å². The summed E-state index contributed by atoms with van der Waals surface area (Å²) < 4.78 is 2.74. The van der Waals surface area contributed by atoms with Crippen LogP contribution in [0.4, 0.5) is 5.13 Å². The van der Waals surface area contributed by atoms with Gasteiger partial charge in [0.05, 0.1) is 4.47 Å². The summed E-state index contributed by atoms with van der Waals surface area (Å²) in [5.41, 5.74) is 6.29. The van der Waals surface area contributed by atoms with Crippen LogP contribution in [0.5, 0.6) is 0 Å². The predicted molar refractivity (Wildman–Crippen MR) is 58.9 cm³/mol. The molecule has 0 atom stereocenters. The monoisotopic (exact) mass is 273 g/mol. The van der Waals surface area contributed by atoms with Gasteiger partial charge in [0, 0.05) is 12.7 Å². The van der Waals surface area contributed by atoms with Crippen LogP contribution >= 0.6 is 27.3 Å². The van der Waals surface area contributed by atoms with Crippen LogP contribution in [0.15, 0.2) is 10.7 Å². The summed E-state index contributed by atoms with van der Waals surface area (Å²) in [4.78, 5) is 0. The van der Waals surface area contributed by atoms with Crippen LogP contribution < -0.4 is 5.73 Å². The summed E-state index contributed by atoms with van der Waals surface area (Å²) in [5.74, 6) is 0. The second-order valence-electron chi connectivity index (χ2n) is 2.63. The fourth-order valence-electron chi connectivity index (χ4n) is 1.03. The molecule has 0 bridgehead atoms. The predicted octanol–water partition coefficient (Wildman–Crippen LogP) is 1.77. The summed E-state index contributed by atoms with van der Waals surface area (Å²) in [7, 11) is 0. The highest BCUT2D eigenvalue weighted by molar-refractivity contribution is 9.10. The minimum Gasteiger partial charge on any atom is -0.374 e. The Balaban J connectivity index is 2.45. The number of nitrogens with two attached hydrogens (primary N) is 1. The van der Waals surface area contributed by atoms with Gasteiger partial charge in [-0.25, -0.2) is 0 Å². The molecular formula is C7H8BrN5S. The van der Waals surface area contributed by atoms with Gasteiger partial charge in [-0.1, -0.05) is 11.3 Å². The Bertz CT molecular complexity index is 449. The normalized spacial score (nSPS) is 10.7. The summed E-state index contributed by atoms with van der Waals surface area (Å²) in [6, 6.07) is 0. The first-order chi connectivity index (χ1) is 6.70. The zero-order valence-electron chi connectivity index (χ0n) is 7.44. The molecule has 0 aliphatic rings. The summed E-state index contributed by atoms with van der Waals surface area (Å²) in [6.07, 6.45) is 1.91. The zero-order chi connectivity index (χ0) is 10.1. The van der Waals surface area contributed by atoms with Crippen molar-refractivity contribution in [1.82, 2.24) is 20.0 Å². The van der Waals surface area contributed by atoms with E-state index in [-0.39, 0.29) is 0 Å². The molecule has 7 heteroatoms. The van der Waals surface area contributed by atoms with E-state index in [0.29, 0.717) is 5.13 Å². The molecule has 14 heavy (non-hydrogen) atoms. The van der Waals surface area contributed by atoms with E-state index in [9.17, 15) is 0 Å². The van der Waals surface area contributed by atoms with Crippen molar-refractivity contribution < 1.29 is 0 Å². The van der Waals surface area contributed by atoms with Crippen molar-refractivity contribution in [2.45, 2.75) is 13.5 Å². The molecule has 2 rings (SSSR count). The highest BCUT2D eigenvalue weighted by Crippen LogP contribution is 2.29. The molecule has 0 radical (unpaired) electrons. The van der Waals surface area contributed by atoms with E-state index in [1.54, 1.807) is 0 Å². The number of anilines is 1. The molecular weight excluding hydrogens is 266 g/mol. The molecule has 0 amide bonds. The fourth-order valence-corrected chi connectivity index (χ4v) is 2.28. The third-order valence-corrected chi connectivity index (χ3v) is 3.02. The molecule has 0 aliphatic heterocycles. The van der Waals surface area contributed by atoms with Crippen molar-refractivity contribution in [1.29, 1.82) is 0 Å². The largest absolute Gasteiger partial charge is 0.374 e. The number of nitrogens with zero attached hydrogens (tertiary/aromatic N) is 4. The maximum atomic E-state index is 5.50. The highest BCUT2D eigenvalue weighted by atomic mass is 79.9. The van der Waals surface area contributed by atoms with Gasteiger partial charge < -0.3 is 5.73 Å². The molecule has 2 aromatic rings. The van der Waals surface area contributed by atoms with Crippen LogP contribution in [0.25, 0.3) is 10.7 Å². The van der Waals surface area contributed by atoms with E-state index in [4.69, 9.17) is 5.73 Å². The smallest absolute Gasteiger partial charge is 0.203 e. The van der Waals surface area contributed by atoms with Crippen LogP contribution in [0.1, 0.15) is 6.92 Å². The van der Waals surface area contributed by atoms with Gasteiger partial charge in [-0.15, -0.1) is 10.2 Å². The first-order valence-electron chi connectivity index (χ1n) is 4.03. The van der Waals surface area contributed by atoms with Crippen molar-refractivity contribution in [3.63, 3.8) is 0 Å². The molecule has 0 unspecified atom stereocenters. The maximum absolute atomic E-state index is 5.50. The average molecular weight is 274 g/mol. The quantitative estimate of drug-likeness (QED) is 0.906. The number of halogens is 1. The second-order valence-corrected chi connectivity index (χ2v) is 4.49. The van der Waals surface area contributed by atoms with E-state index < -0.39 is 0 Å². The van der Waals surface area contributed by atoms with Gasteiger partial charge in [0.15, 0.2) is 5.01 Å². The van der Waals surface area contributed by atoms with Gasteiger partial charge >= 0.3 is 0 Å². The molecule has 2 aromatic heterocycles. The number of nitrogen functional groups attached to an aromatic ring is 1. The number of hydrogen-bond acceptors (Lipinski definition) is 5. The van der Waals surface area contributed by atoms with Crippen molar-refractivity contribution in [2.75, 3.05) is 5.73 Å². The van der Waals surface area contributed by atoms with Crippen LogP contribution in [0, 0.1) is 0 Å². The van der Waals surface area contributed by atoms with E-state index in [1.807, 2.05) is 17.8 Å². The first kappa shape index (κ1) is 9.60. The molecule has 0 fully saturated rings. The number of hydrogen-bond donors (Lipinski definition) is 1. The van der Waals surface area contributed by atoms with Crippen LogP contribution in [0.3, 0.4) is 0 Å². The molecule has 0 aliphatic carbocycles. The second kappa shape index (κ2) is 3.66. The Morgan fingerprint density at radius 1 is 1.57 bits per heavy atom. The minimum atomic E-state index is 0.456. The Kier molecular flexibility index (Phi) is 2.51. The Labute approximate surface area is 93.1 Å². The first-order valence-corrected chi connectivity index (χ1v) is 5.64. The minimum absolute atomic E-state index is 0.456. The Morgan fingerprint density at radius 2 is 2.36 bits per heavy atom. The molecule has 2 N–H and O–H groups in total. The van der Waals surface area contributed by atoms with Crippen molar-refractivity contribution >= 4 is 32.4 Å². The van der Waals surface area contributed by atoms with E-state index in [2.05, 4.69) is 31.2 Å². The highest BCUT2D eigenvalue weighted by Gasteiger charge is 2.12. The van der Waals surface area contributed by atoms with Gasteiger partial charge in [0.1, 0.15) is 5.69 Å². The van der Waals surface area contributed by atoms with Crippen LogP contribution in [-0.2, 0) is 6.54 Å². The van der Waals surface area contributed by atoms with Crippen molar-refractivity contribution in [3.8, 4) is 10.7 Å². The van der Waals surface area contributed by atoms with Gasteiger partial charge in [0.25, 0.3) is 0 Å². The number of aryl methyl sites for hydroxylation is 1. The summed E-state index contributed by atoms with van der Waals surface area (Å²) in [5, 5.41) is 13.2. The van der Waals surface area contributed by atoms with Gasteiger partial charge in [0.2, 0.25) is 5.13 Å². The van der Waals surface area contributed by atoms with E-state index in [0.717, 1.165) is 21.7 Å². The fraction of sp³-hybridized carbons (Fsp3) is 0.286. The van der Waals surface area contributed by atoms with E-state index >= 15 is 0 Å². The zero-order valence-corrected chi connectivity index (χ0v) is 9.84. The van der Waals surface area contributed by atoms with Crippen LogP contribution in [0.2, 0.25) is 0 Å². The van der Waals surface area contributed by atoms with Crippen molar-refractivity contribution in [2.24, 2.45) is 0 Å². The molecule has 0 aromatic carbocycles. The molecule has 0 spiro atoms. The molecule has 74 valence electrons. The lowest BCUT2D eigenvalue weighted by Crippen LogP contribution is -1.93. The SMILES string of the molecule is CCn1cc(Br)c(-c2nnc(N)s2)n1. The number of aromatic nitrogens is 4. The lowest BCUT2D eigenvalue weighted by atomic mass is 10.5. The Morgan fingerprint density at radius 3 is 2.86 bits per heavy atom. The summed E-state index contributed by atoms with van der Waals surface area (Å²) in [6.45, 7) is 2.85. The molecule has 0 saturated carbocycles. The maximum Gasteiger partial charge on any atom is 0.203 e. The summed E-state index contributed by atoms with van der Waals surface area (Å²) >= 11 is 4.75. The third kappa shape index (κ3) is 1.64. The lowest BCUT2D eigenvalue weighted by Gasteiger charge is -1.90. The Hall–Kier alpha value is -0.950. The third-order valence-electron chi connectivity index (χ3n) is 1.68. The standard InChI is InChI=1S/C7H8BrN5S/c1-2-13-3-4(8)5(12-13)6-10-11-7(9)14-6/h3H,2H2,1H3,(H2,9,11). The number of rotatable bonds is 2. The van der Waals surface area contributed by atoms with Gasteiger partial charge in [-0.2, -0.15) is 5.10 Å². The lowest BCUT2D eigenvalue weighted by molar-refractivity contribution is 0.661. The topological polar surface area (TPSA) is 69.6 Å². The molecule has 0 saturated heterocycles. The van der Waals surface area contributed by atoms with Gasteiger partial charge in [-0.05, 0) is 22.9 Å². The van der Waals surface area contributed by atoms with E-state index in [1.165, 1.54) is 11.3 Å². The molecule has 5 nitrogen and oxygen atoms in total.